The van der Waals surface area contributed by atoms with Gasteiger partial charge in [-0.3, -0.25) is 9.59 Å². The van der Waals surface area contributed by atoms with Gasteiger partial charge in [-0.1, -0.05) is 11.6 Å². The van der Waals surface area contributed by atoms with Gasteiger partial charge in [0.15, 0.2) is 5.82 Å². The summed E-state index contributed by atoms with van der Waals surface area (Å²) in [5, 5.41) is 5.73. The lowest BCUT2D eigenvalue weighted by molar-refractivity contribution is -0.115. The van der Waals surface area contributed by atoms with E-state index < -0.39 is 0 Å². The Bertz CT molecular complexity index is 715. The van der Waals surface area contributed by atoms with Gasteiger partial charge >= 0.3 is 0 Å². The van der Waals surface area contributed by atoms with E-state index in [1.54, 1.807) is 36.5 Å². The summed E-state index contributed by atoms with van der Waals surface area (Å²) in [5.41, 5.74) is 2.03. The minimum atomic E-state index is -0.312. The summed E-state index contributed by atoms with van der Waals surface area (Å²) in [5.74, 6) is -0.0630. The lowest BCUT2D eigenvalue weighted by Gasteiger charge is -2.07. The molecule has 5 nitrogen and oxygen atoms in total. The molecule has 1 aromatic heterocycles. The summed E-state index contributed by atoms with van der Waals surface area (Å²) in [6.07, 6.45) is 1.84. The Hall–Kier alpha value is -2.40. The lowest BCUT2D eigenvalue weighted by atomic mass is 10.1. The molecule has 20 heavy (non-hydrogen) atoms. The van der Waals surface area contributed by atoms with Crippen molar-refractivity contribution >= 4 is 34.9 Å². The fourth-order valence-electron chi connectivity index (χ4n) is 2.03. The molecule has 0 saturated heterocycles. The number of fused-ring (bicyclic) bond motifs is 1. The molecule has 1 aliphatic rings. The molecule has 1 aliphatic heterocycles. The smallest absolute Gasteiger partial charge is 0.256 e. The largest absolute Gasteiger partial charge is 0.326 e. The zero-order valence-corrected chi connectivity index (χ0v) is 11.1. The highest BCUT2D eigenvalue weighted by molar-refractivity contribution is 6.33. The molecule has 0 atom stereocenters. The molecule has 0 aliphatic carbocycles. The van der Waals surface area contributed by atoms with Gasteiger partial charge in [0, 0.05) is 17.4 Å². The second kappa shape index (κ2) is 4.94. The minimum Gasteiger partial charge on any atom is -0.326 e. The average Bonchev–Trinajstić information content (AvgIpc) is 2.80. The number of halogens is 1. The number of benzene rings is 1. The van der Waals surface area contributed by atoms with Crippen LogP contribution in [0.25, 0.3) is 0 Å². The molecule has 0 fully saturated rings. The maximum Gasteiger partial charge on any atom is 0.256 e. The van der Waals surface area contributed by atoms with E-state index in [0.29, 0.717) is 22.8 Å². The third-order valence-corrected chi connectivity index (χ3v) is 3.29. The number of hydrogen-bond acceptors (Lipinski definition) is 3. The van der Waals surface area contributed by atoms with Crippen LogP contribution in [0, 0.1) is 0 Å². The summed E-state index contributed by atoms with van der Waals surface area (Å²) in [4.78, 5) is 27.4. The highest BCUT2D eigenvalue weighted by atomic mass is 35.5. The first-order chi connectivity index (χ1) is 9.63. The number of rotatable bonds is 2. The number of aromatic nitrogens is 1. The number of nitrogens with zero attached hydrogens (tertiary/aromatic N) is 1. The Morgan fingerprint density at radius 3 is 3.00 bits per heavy atom. The number of nitrogens with one attached hydrogen (secondary N) is 2. The Balaban J connectivity index is 1.84. The summed E-state index contributed by atoms with van der Waals surface area (Å²) in [6.45, 7) is 0. The Kier molecular flexibility index (Phi) is 3.12. The van der Waals surface area contributed by atoms with Gasteiger partial charge in [0.2, 0.25) is 5.91 Å². The predicted molar refractivity (Wildman–Crippen MR) is 76.0 cm³/mol. The molecule has 2 N–H and O–H groups in total. The van der Waals surface area contributed by atoms with Crippen molar-refractivity contribution in [2.75, 3.05) is 10.6 Å². The number of carbonyl (C=O) groups excluding carboxylic acids is 2. The first-order valence-corrected chi connectivity index (χ1v) is 6.36. The molecule has 6 heteroatoms. The van der Waals surface area contributed by atoms with Crippen molar-refractivity contribution < 1.29 is 9.59 Å². The van der Waals surface area contributed by atoms with Crippen LogP contribution in [0.15, 0.2) is 36.5 Å². The molecule has 0 saturated carbocycles. The topological polar surface area (TPSA) is 71.1 Å². The summed E-state index contributed by atoms with van der Waals surface area (Å²) < 4.78 is 0. The van der Waals surface area contributed by atoms with Crippen molar-refractivity contribution in [1.82, 2.24) is 4.98 Å². The van der Waals surface area contributed by atoms with Crippen molar-refractivity contribution in [2.45, 2.75) is 6.42 Å². The molecule has 2 heterocycles. The van der Waals surface area contributed by atoms with E-state index in [-0.39, 0.29) is 11.8 Å². The summed E-state index contributed by atoms with van der Waals surface area (Å²) >= 11 is 5.94. The van der Waals surface area contributed by atoms with Gasteiger partial charge < -0.3 is 10.6 Å². The van der Waals surface area contributed by atoms with E-state index in [4.69, 9.17) is 11.6 Å². The zero-order chi connectivity index (χ0) is 14.1. The van der Waals surface area contributed by atoms with E-state index in [1.165, 1.54) is 0 Å². The second-order valence-electron chi connectivity index (χ2n) is 4.38. The predicted octanol–water partition coefficient (Wildman–Crippen LogP) is 2.48. The van der Waals surface area contributed by atoms with Gasteiger partial charge in [-0.2, -0.15) is 0 Å². The molecule has 2 aromatic rings. The SMILES string of the molecule is O=C1Cc2cc(C(=O)Nc3ncccc3Cl)ccc2N1. The highest BCUT2D eigenvalue weighted by Crippen LogP contribution is 2.24. The van der Waals surface area contributed by atoms with Gasteiger partial charge in [-0.05, 0) is 35.9 Å². The van der Waals surface area contributed by atoms with Crippen molar-refractivity contribution in [2.24, 2.45) is 0 Å². The number of amides is 2. The van der Waals surface area contributed by atoms with Gasteiger partial charge in [-0.15, -0.1) is 0 Å². The van der Waals surface area contributed by atoms with Gasteiger partial charge in [0.05, 0.1) is 11.4 Å². The first kappa shape index (κ1) is 12.6. The van der Waals surface area contributed by atoms with E-state index in [1.807, 2.05) is 0 Å². The molecule has 0 radical (unpaired) electrons. The van der Waals surface area contributed by atoms with E-state index in [2.05, 4.69) is 15.6 Å². The first-order valence-electron chi connectivity index (χ1n) is 5.98. The zero-order valence-electron chi connectivity index (χ0n) is 10.3. The van der Waals surface area contributed by atoms with Crippen LogP contribution in [0.2, 0.25) is 5.02 Å². The molecule has 0 unspecified atom stereocenters. The number of carbonyl (C=O) groups is 2. The van der Waals surface area contributed by atoms with Crippen LogP contribution in [0.4, 0.5) is 11.5 Å². The number of hydrogen-bond donors (Lipinski definition) is 2. The van der Waals surface area contributed by atoms with Crippen molar-refractivity contribution in [1.29, 1.82) is 0 Å². The Morgan fingerprint density at radius 2 is 2.20 bits per heavy atom. The third kappa shape index (κ3) is 2.35. The highest BCUT2D eigenvalue weighted by Gasteiger charge is 2.19. The maximum atomic E-state index is 12.1. The quantitative estimate of drug-likeness (QED) is 0.891. The Morgan fingerprint density at radius 1 is 1.35 bits per heavy atom. The Labute approximate surface area is 120 Å². The van der Waals surface area contributed by atoms with Crippen LogP contribution in [0.5, 0.6) is 0 Å². The van der Waals surface area contributed by atoms with Crippen LogP contribution >= 0.6 is 11.6 Å². The second-order valence-corrected chi connectivity index (χ2v) is 4.79. The molecule has 0 spiro atoms. The summed E-state index contributed by atoms with van der Waals surface area (Å²) in [6, 6.07) is 8.39. The van der Waals surface area contributed by atoms with Gasteiger partial charge in [-0.25, -0.2) is 4.98 Å². The molecule has 0 bridgehead atoms. The van der Waals surface area contributed by atoms with Crippen LogP contribution < -0.4 is 10.6 Å². The van der Waals surface area contributed by atoms with Crippen molar-refractivity contribution in [3.05, 3.63) is 52.7 Å². The lowest BCUT2D eigenvalue weighted by Crippen LogP contribution is -2.13. The molecule has 100 valence electrons. The normalized spacial score (nSPS) is 12.8. The van der Waals surface area contributed by atoms with Crippen LogP contribution in [0.1, 0.15) is 15.9 Å². The monoisotopic (exact) mass is 287 g/mol. The fourth-order valence-corrected chi connectivity index (χ4v) is 2.20. The molecule has 3 rings (SSSR count). The maximum absolute atomic E-state index is 12.1. The van der Waals surface area contributed by atoms with Crippen LogP contribution in [-0.2, 0) is 11.2 Å². The van der Waals surface area contributed by atoms with Gasteiger partial charge in [0.1, 0.15) is 0 Å². The number of anilines is 2. The van der Waals surface area contributed by atoms with E-state index in [0.717, 1.165) is 11.3 Å². The van der Waals surface area contributed by atoms with Crippen LogP contribution in [0.3, 0.4) is 0 Å². The van der Waals surface area contributed by atoms with Gasteiger partial charge in [0.25, 0.3) is 5.91 Å². The average molecular weight is 288 g/mol. The standard InChI is InChI=1S/C14H10ClN3O2/c15-10-2-1-5-16-13(10)18-14(20)8-3-4-11-9(6-8)7-12(19)17-11/h1-6H,7H2,(H,17,19)(H,16,18,20). The summed E-state index contributed by atoms with van der Waals surface area (Å²) in [7, 11) is 0. The minimum absolute atomic E-state index is 0.0645. The molecule has 2 amide bonds. The third-order valence-electron chi connectivity index (χ3n) is 2.98. The van der Waals surface area contributed by atoms with Crippen molar-refractivity contribution in [3.63, 3.8) is 0 Å². The van der Waals surface area contributed by atoms with Crippen LogP contribution in [-0.4, -0.2) is 16.8 Å². The molecular weight excluding hydrogens is 278 g/mol. The van der Waals surface area contributed by atoms with Crippen molar-refractivity contribution in [3.8, 4) is 0 Å². The molecule has 1 aromatic carbocycles. The number of pyridine rings is 1. The van der Waals surface area contributed by atoms with E-state index in [9.17, 15) is 9.59 Å². The van der Waals surface area contributed by atoms with E-state index >= 15 is 0 Å². The fraction of sp³-hybridized carbons (Fsp3) is 0.0714. The molecular formula is C14H10ClN3O2.